The SMILES string of the molecule is O=CC(=O)c1ccnc2ccccc12. The zero-order chi connectivity index (χ0) is 9.97. The number of aldehydes is 1. The van der Waals surface area contributed by atoms with E-state index in [4.69, 9.17) is 0 Å². The summed E-state index contributed by atoms with van der Waals surface area (Å²) in [6.45, 7) is 0. The van der Waals surface area contributed by atoms with Crippen molar-refractivity contribution in [2.24, 2.45) is 0 Å². The molecule has 0 saturated carbocycles. The zero-order valence-corrected chi connectivity index (χ0v) is 7.31. The molecule has 3 heteroatoms. The summed E-state index contributed by atoms with van der Waals surface area (Å²) < 4.78 is 0. The van der Waals surface area contributed by atoms with E-state index >= 15 is 0 Å². The van der Waals surface area contributed by atoms with Gasteiger partial charge in [-0.2, -0.15) is 0 Å². The number of pyridine rings is 1. The second-order valence-corrected chi connectivity index (χ2v) is 2.86. The Labute approximate surface area is 80.4 Å². The van der Waals surface area contributed by atoms with Crippen LogP contribution in [0.25, 0.3) is 10.9 Å². The number of carbonyl (C=O) groups is 2. The molecule has 0 amide bonds. The fourth-order valence-electron chi connectivity index (χ4n) is 1.37. The van der Waals surface area contributed by atoms with Crippen LogP contribution in [0.15, 0.2) is 36.5 Å². The first-order valence-corrected chi connectivity index (χ1v) is 4.16. The van der Waals surface area contributed by atoms with Crippen LogP contribution in [0.3, 0.4) is 0 Å². The highest BCUT2D eigenvalue weighted by Gasteiger charge is 2.07. The number of fused-ring (bicyclic) bond motifs is 1. The van der Waals surface area contributed by atoms with Crippen molar-refractivity contribution in [1.82, 2.24) is 4.98 Å². The molecule has 0 aliphatic carbocycles. The Morgan fingerprint density at radius 3 is 2.79 bits per heavy atom. The van der Waals surface area contributed by atoms with Crippen LogP contribution in [0, 0.1) is 0 Å². The fourth-order valence-corrected chi connectivity index (χ4v) is 1.37. The molecule has 14 heavy (non-hydrogen) atoms. The van der Waals surface area contributed by atoms with E-state index in [1.807, 2.05) is 12.1 Å². The summed E-state index contributed by atoms with van der Waals surface area (Å²) in [7, 11) is 0. The first kappa shape index (κ1) is 8.56. The normalized spacial score (nSPS) is 10.0. The number of rotatable bonds is 2. The maximum absolute atomic E-state index is 11.2. The molecule has 0 saturated heterocycles. The van der Waals surface area contributed by atoms with E-state index in [0.29, 0.717) is 17.2 Å². The monoisotopic (exact) mass is 185 g/mol. The molecular weight excluding hydrogens is 178 g/mol. The predicted octanol–water partition coefficient (Wildman–Crippen LogP) is 1.62. The maximum atomic E-state index is 11.2. The third kappa shape index (κ3) is 1.29. The Bertz CT molecular complexity index is 500. The number of benzene rings is 1. The molecule has 0 aliphatic rings. The molecule has 0 atom stereocenters. The van der Waals surface area contributed by atoms with Gasteiger partial charge in [0.2, 0.25) is 5.78 Å². The first-order chi connectivity index (χ1) is 6.83. The smallest absolute Gasteiger partial charge is 0.226 e. The minimum Gasteiger partial charge on any atom is -0.294 e. The molecule has 2 rings (SSSR count). The molecule has 0 N–H and O–H groups in total. The van der Waals surface area contributed by atoms with E-state index < -0.39 is 5.78 Å². The standard InChI is InChI=1S/C11H7NO2/c13-7-11(14)9-5-6-12-10-4-2-1-3-8(9)10/h1-7H. The topological polar surface area (TPSA) is 47.0 Å². The Morgan fingerprint density at radius 1 is 1.21 bits per heavy atom. The third-order valence-electron chi connectivity index (χ3n) is 2.02. The minimum absolute atomic E-state index is 0.321. The third-order valence-corrected chi connectivity index (χ3v) is 2.02. The van der Waals surface area contributed by atoms with Crippen molar-refractivity contribution >= 4 is 23.0 Å². The van der Waals surface area contributed by atoms with Crippen molar-refractivity contribution in [1.29, 1.82) is 0 Å². The van der Waals surface area contributed by atoms with Gasteiger partial charge in [0.25, 0.3) is 0 Å². The summed E-state index contributed by atoms with van der Waals surface area (Å²) in [4.78, 5) is 25.7. The lowest BCUT2D eigenvalue weighted by atomic mass is 10.1. The van der Waals surface area contributed by atoms with Crippen LogP contribution in [0.2, 0.25) is 0 Å². The van der Waals surface area contributed by atoms with Gasteiger partial charge in [-0.15, -0.1) is 0 Å². The lowest BCUT2D eigenvalue weighted by molar-refractivity contribution is -0.104. The predicted molar refractivity (Wildman–Crippen MR) is 52.1 cm³/mol. The van der Waals surface area contributed by atoms with E-state index in [1.165, 1.54) is 6.20 Å². The molecule has 1 heterocycles. The maximum Gasteiger partial charge on any atom is 0.226 e. The molecule has 0 aliphatic heterocycles. The molecule has 1 aromatic heterocycles. The summed E-state index contributed by atoms with van der Waals surface area (Å²) in [6, 6.07) is 8.78. The molecule has 0 bridgehead atoms. The van der Waals surface area contributed by atoms with Gasteiger partial charge in [0.15, 0.2) is 6.29 Å². The van der Waals surface area contributed by atoms with Crippen LogP contribution in [-0.2, 0) is 4.79 Å². The first-order valence-electron chi connectivity index (χ1n) is 4.16. The molecule has 68 valence electrons. The van der Waals surface area contributed by atoms with Crippen LogP contribution >= 0.6 is 0 Å². The molecule has 1 aromatic carbocycles. The number of hydrogen-bond donors (Lipinski definition) is 0. The van der Waals surface area contributed by atoms with Crippen molar-refractivity contribution in [3.8, 4) is 0 Å². The van der Waals surface area contributed by atoms with Crippen molar-refractivity contribution in [2.75, 3.05) is 0 Å². The lowest BCUT2D eigenvalue weighted by Gasteiger charge is -2.00. The summed E-state index contributed by atoms with van der Waals surface area (Å²) in [5, 5.41) is 0.715. The highest BCUT2D eigenvalue weighted by Crippen LogP contribution is 2.15. The van der Waals surface area contributed by atoms with Crippen molar-refractivity contribution in [3.63, 3.8) is 0 Å². The highest BCUT2D eigenvalue weighted by molar-refractivity contribution is 6.36. The van der Waals surface area contributed by atoms with Gasteiger partial charge in [-0.25, -0.2) is 0 Å². The molecule has 2 aromatic rings. The van der Waals surface area contributed by atoms with Gasteiger partial charge in [0, 0.05) is 17.1 Å². The number of ketones is 1. The molecule has 3 nitrogen and oxygen atoms in total. The van der Waals surface area contributed by atoms with E-state index in [1.54, 1.807) is 18.2 Å². The molecule has 0 radical (unpaired) electrons. The minimum atomic E-state index is -0.511. The van der Waals surface area contributed by atoms with Crippen molar-refractivity contribution in [2.45, 2.75) is 0 Å². The number of Topliss-reactive ketones (excluding diaryl/α,β-unsaturated/α-hetero) is 1. The van der Waals surface area contributed by atoms with E-state index in [9.17, 15) is 9.59 Å². The van der Waals surface area contributed by atoms with Crippen LogP contribution < -0.4 is 0 Å². The molecule has 0 unspecified atom stereocenters. The number of para-hydroxylation sites is 1. The average molecular weight is 185 g/mol. The van der Waals surface area contributed by atoms with Gasteiger partial charge in [-0.3, -0.25) is 14.6 Å². The van der Waals surface area contributed by atoms with E-state index in [0.717, 1.165) is 5.52 Å². The molecular formula is C11H7NO2. The Morgan fingerprint density at radius 2 is 2.00 bits per heavy atom. The quantitative estimate of drug-likeness (QED) is 0.405. The highest BCUT2D eigenvalue weighted by atomic mass is 16.2. The number of carbonyl (C=O) groups excluding carboxylic acids is 2. The van der Waals surface area contributed by atoms with Crippen LogP contribution in [-0.4, -0.2) is 17.1 Å². The average Bonchev–Trinajstić information content (AvgIpc) is 2.27. The summed E-state index contributed by atoms with van der Waals surface area (Å²) in [5.74, 6) is -0.511. The van der Waals surface area contributed by atoms with E-state index in [2.05, 4.69) is 4.98 Å². The number of nitrogens with zero attached hydrogens (tertiary/aromatic N) is 1. The van der Waals surface area contributed by atoms with Crippen LogP contribution in [0.5, 0.6) is 0 Å². The van der Waals surface area contributed by atoms with E-state index in [-0.39, 0.29) is 0 Å². The van der Waals surface area contributed by atoms with Gasteiger partial charge in [0.1, 0.15) is 0 Å². The number of aromatic nitrogens is 1. The summed E-state index contributed by atoms with van der Waals surface area (Å²) in [6.07, 6.45) is 1.85. The number of hydrogen-bond acceptors (Lipinski definition) is 3. The van der Waals surface area contributed by atoms with Gasteiger partial charge in [0.05, 0.1) is 5.52 Å². The van der Waals surface area contributed by atoms with Crippen LogP contribution in [0.1, 0.15) is 10.4 Å². The Kier molecular flexibility index (Phi) is 2.07. The Balaban J connectivity index is 2.77. The summed E-state index contributed by atoms with van der Waals surface area (Å²) in [5.41, 5.74) is 1.13. The molecule has 0 fully saturated rings. The van der Waals surface area contributed by atoms with Gasteiger partial charge < -0.3 is 0 Å². The van der Waals surface area contributed by atoms with Crippen LogP contribution in [0.4, 0.5) is 0 Å². The largest absolute Gasteiger partial charge is 0.294 e. The zero-order valence-electron chi connectivity index (χ0n) is 7.31. The second-order valence-electron chi connectivity index (χ2n) is 2.86. The lowest BCUT2D eigenvalue weighted by Crippen LogP contribution is -2.01. The second kappa shape index (κ2) is 3.38. The van der Waals surface area contributed by atoms with Gasteiger partial charge in [-0.1, -0.05) is 18.2 Å². The van der Waals surface area contributed by atoms with Crippen molar-refractivity contribution in [3.05, 3.63) is 42.1 Å². The fraction of sp³-hybridized carbons (Fsp3) is 0. The molecule has 0 spiro atoms. The summed E-state index contributed by atoms with van der Waals surface area (Å²) >= 11 is 0. The van der Waals surface area contributed by atoms with Gasteiger partial charge >= 0.3 is 0 Å². The Hall–Kier alpha value is -2.03. The van der Waals surface area contributed by atoms with Gasteiger partial charge in [-0.05, 0) is 12.1 Å². The van der Waals surface area contributed by atoms with Crippen molar-refractivity contribution < 1.29 is 9.59 Å².